The molecule has 4 aliphatic rings. The zero-order valence-corrected chi connectivity index (χ0v) is 27.3. The Morgan fingerprint density at radius 2 is 1.87 bits per heavy atom. The number of nitrogen functional groups attached to an aromatic ring is 2. The molecular formula is C24H30N10O10P2S. The predicted octanol–water partition coefficient (Wildman–Crippen LogP) is 0.368. The summed E-state index contributed by atoms with van der Waals surface area (Å²) in [4.78, 5) is 58.4. The van der Waals surface area contributed by atoms with Gasteiger partial charge in [-0.15, -0.1) is 0 Å². The standard InChI is InChI=1S/C24H30N10O10P2S/c1-9-14(33-7-29-12-18(25)27-6-28-19(12)33)10-3-24(10)5-41-45(36,37)43-16-15(39-2)11(4-40-46(38,47)44-17(9)24)42-22(16)34-8-30-13-20(34)31-23(26)32-21(13)35/h6-11,14-17,22H,3-5H2,1-2H3,(H,36,37)(H,38,47)(H2,25,27,28)(H3,26,31,32,35)/t9-,10+,11+,14-,15+,16+,17-,22+,24+,46?/m0/s1. The topological polar surface area (TPSA) is 272 Å². The van der Waals surface area contributed by atoms with Gasteiger partial charge in [0.1, 0.15) is 30.2 Å². The van der Waals surface area contributed by atoms with Crippen molar-refractivity contribution >= 4 is 60.4 Å². The monoisotopic (exact) mass is 712 g/mol. The Balaban J connectivity index is 1.15. The van der Waals surface area contributed by atoms with E-state index < -0.39 is 56.2 Å². The molecule has 2 bridgehead atoms. The van der Waals surface area contributed by atoms with Crippen LogP contribution in [0.1, 0.15) is 25.6 Å². The highest BCUT2D eigenvalue weighted by molar-refractivity contribution is 8.07. The number of phosphoric acid groups is 1. The zero-order valence-electron chi connectivity index (χ0n) is 24.7. The number of ether oxygens (including phenoxy) is 2. The second kappa shape index (κ2) is 10.8. The third-order valence-electron chi connectivity index (χ3n) is 9.56. The molecular weight excluding hydrogens is 682 g/mol. The first kappa shape index (κ1) is 31.3. The number of nitrogens with two attached hydrogens (primary N) is 2. The summed E-state index contributed by atoms with van der Waals surface area (Å²) in [6.45, 7) is -2.67. The number of imidazole rings is 2. The first-order valence-corrected chi connectivity index (χ1v) is 18.6. The van der Waals surface area contributed by atoms with Crippen molar-refractivity contribution in [2.45, 2.75) is 50.0 Å². The molecule has 8 rings (SSSR count). The van der Waals surface area contributed by atoms with Crippen LogP contribution < -0.4 is 17.0 Å². The van der Waals surface area contributed by atoms with E-state index >= 15 is 0 Å². The normalized spacial score (nSPS) is 40.4. The summed E-state index contributed by atoms with van der Waals surface area (Å²) in [6, 6.07) is -0.274. The molecule has 6 heterocycles. The molecule has 0 amide bonds. The van der Waals surface area contributed by atoms with Gasteiger partial charge in [-0.3, -0.25) is 23.4 Å². The van der Waals surface area contributed by atoms with E-state index in [1.165, 1.54) is 24.3 Å². The van der Waals surface area contributed by atoms with Gasteiger partial charge in [0.05, 0.1) is 32.0 Å². The average molecular weight is 713 g/mol. The van der Waals surface area contributed by atoms with Crippen LogP contribution in [0.25, 0.3) is 22.3 Å². The second-order valence-corrected chi connectivity index (χ2v) is 16.3. The molecule has 4 aromatic rings. The molecule has 2 unspecified atom stereocenters. The number of rotatable bonds is 3. The molecule has 2 aliphatic heterocycles. The van der Waals surface area contributed by atoms with Gasteiger partial charge in [0.25, 0.3) is 5.56 Å². The van der Waals surface area contributed by atoms with Gasteiger partial charge in [0, 0.05) is 24.5 Å². The largest absolute Gasteiger partial charge is 0.472 e. The van der Waals surface area contributed by atoms with Crippen molar-refractivity contribution in [1.82, 2.24) is 39.0 Å². The smallest absolute Gasteiger partial charge is 0.382 e. The van der Waals surface area contributed by atoms with Gasteiger partial charge >= 0.3 is 14.5 Å². The summed E-state index contributed by atoms with van der Waals surface area (Å²) in [5, 5.41) is 0. The SMILES string of the molecule is CO[C@H]1[C@H]2OP(=O)(O)OC[C@]34C[C@@H]3[C@@H](n3cnc5c(N)ncnc53)[C@H](C)[C@@H]4OP(O)(=S)OC[C@H]1O[C@H]2n1cnc2c(=O)[nH]c(N)nc21. The Kier molecular flexibility index (Phi) is 7.19. The van der Waals surface area contributed by atoms with Crippen molar-refractivity contribution in [3.63, 3.8) is 0 Å². The number of hydrogen-bond acceptors (Lipinski definition) is 16. The van der Waals surface area contributed by atoms with Gasteiger partial charge in [0.15, 0.2) is 28.9 Å². The third-order valence-corrected chi connectivity index (χ3v) is 12.1. The van der Waals surface area contributed by atoms with Crippen LogP contribution in [0.15, 0.2) is 23.8 Å². The number of methoxy groups -OCH3 is 1. The van der Waals surface area contributed by atoms with Crippen LogP contribution in [0.4, 0.5) is 11.8 Å². The fraction of sp³-hybridized carbons (Fsp3) is 0.583. The molecule has 252 valence electrons. The minimum atomic E-state index is -4.85. The molecule has 4 fully saturated rings. The highest BCUT2D eigenvalue weighted by Gasteiger charge is 2.72. The van der Waals surface area contributed by atoms with E-state index in [1.807, 2.05) is 11.5 Å². The number of nitrogens with zero attached hydrogens (tertiary/aromatic N) is 7. The van der Waals surface area contributed by atoms with Crippen molar-refractivity contribution in [2.24, 2.45) is 17.3 Å². The fourth-order valence-electron chi connectivity index (χ4n) is 7.51. The van der Waals surface area contributed by atoms with E-state index in [-0.39, 0.29) is 54.0 Å². The Morgan fingerprint density at radius 3 is 2.66 bits per heavy atom. The van der Waals surface area contributed by atoms with Crippen molar-refractivity contribution in [3.8, 4) is 0 Å². The quantitative estimate of drug-likeness (QED) is 0.179. The van der Waals surface area contributed by atoms with Gasteiger partial charge in [-0.2, -0.15) is 4.98 Å². The Labute approximate surface area is 269 Å². The van der Waals surface area contributed by atoms with E-state index in [4.69, 9.17) is 50.8 Å². The van der Waals surface area contributed by atoms with Crippen molar-refractivity contribution < 1.29 is 41.9 Å². The number of phosphoric ester groups is 1. The van der Waals surface area contributed by atoms with Gasteiger partial charge < -0.3 is 44.3 Å². The Hall–Kier alpha value is -2.94. The highest BCUT2D eigenvalue weighted by atomic mass is 32.5. The maximum atomic E-state index is 13.7. The van der Waals surface area contributed by atoms with Crippen LogP contribution in [0, 0.1) is 17.3 Å². The minimum Gasteiger partial charge on any atom is -0.382 e. The molecule has 2 saturated carbocycles. The maximum Gasteiger partial charge on any atom is 0.472 e. The third kappa shape index (κ3) is 4.95. The van der Waals surface area contributed by atoms with Crippen molar-refractivity contribution in [1.29, 1.82) is 0 Å². The van der Waals surface area contributed by atoms with Gasteiger partial charge in [0.2, 0.25) is 5.95 Å². The molecule has 2 saturated heterocycles. The predicted molar refractivity (Wildman–Crippen MR) is 164 cm³/mol. The number of aromatic amines is 1. The lowest BCUT2D eigenvalue weighted by Crippen LogP contribution is -2.37. The van der Waals surface area contributed by atoms with Crippen LogP contribution in [-0.2, 0) is 43.9 Å². The van der Waals surface area contributed by atoms with E-state index in [0.717, 1.165) is 0 Å². The summed E-state index contributed by atoms with van der Waals surface area (Å²) in [7, 11) is -3.50. The second-order valence-electron chi connectivity index (χ2n) is 12.1. The van der Waals surface area contributed by atoms with E-state index in [1.54, 1.807) is 6.33 Å². The molecule has 23 heteroatoms. The molecule has 0 aromatic carbocycles. The molecule has 11 atom stereocenters. The molecule has 4 aromatic heterocycles. The van der Waals surface area contributed by atoms with Gasteiger partial charge in [-0.1, -0.05) is 6.92 Å². The Bertz CT molecular complexity index is 2060. The summed E-state index contributed by atoms with van der Waals surface area (Å²) < 4.78 is 52.2. The van der Waals surface area contributed by atoms with E-state index in [0.29, 0.717) is 17.6 Å². The van der Waals surface area contributed by atoms with Crippen LogP contribution in [0.3, 0.4) is 0 Å². The van der Waals surface area contributed by atoms with Gasteiger partial charge in [-0.05, 0) is 24.1 Å². The number of fused-ring (bicyclic) bond motifs is 4. The van der Waals surface area contributed by atoms with E-state index in [2.05, 4.69) is 29.9 Å². The fourth-order valence-corrected chi connectivity index (χ4v) is 10.1. The number of H-pyrrole nitrogens is 1. The van der Waals surface area contributed by atoms with E-state index in [9.17, 15) is 19.1 Å². The van der Waals surface area contributed by atoms with Crippen LogP contribution >= 0.6 is 14.5 Å². The summed E-state index contributed by atoms with van der Waals surface area (Å²) in [5.74, 6) is -0.420. The number of hydrogen-bond donors (Lipinski definition) is 5. The molecule has 0 radical (unpaired) electrons. The molecule has 7 N–H and O–H groups in total. The summed E-state index contributed by atoms with van der Waals surface area (Å²) >= 11 is 5.49. The maximum absolute atomic E-state index is 13.7. The number of nitrogens with one attached hydrogen (secondary N) is 1. The average Bonchev–Trinajstić information content (AvgIpc) is 3.30. The molecule has 47 heavy (non-hydrogen) atoms. The lowest BCUT2D eigenvalue weighted by atomic mass is 9.94. The minimum absolute atomic E-state index is 0.0271. The number of anilines is 2. The van der Waals surface area contributed by atoms with Gasteiger partial charge in [-0.25, -0.2) is 24.5 Å². The summed E-state index contributed by atoms with van der Waals surface area (Å²) in [5.41, 5.74) is 11.3. The van der Waals surface area contributed by atoms with Crippen LogP contribution in [0.2, 0.25) is 0 Å². The lowest BCUT2D eigenvalue weighted by Gasteiger charge is -2.32. The summed E-state index contributed by atoms with van der Waals surface area (Å²) in [6.07, 6.45) is -0.627. The highest BCUT2D eigenvalue weighted by Crippen LogP contribution is 2.73. The van der Waals surface area contributed by atoms with Crippen LogP contribution in [-0.4, -0.2) is 93.6 Å². The number of aromatic nitrogens is 8. The first-order valence-electron chi connectivity index (χ1n) is 14.5. The van der Waals surface area contributed by atoms with Crippen LogP contribution in [0.5, 0.6) is 0 Å². The first-order chi connectivity index (χ1) is 22.3. The zero-order chi connectivity index (χ0) is 33.0. The molecule has 2 aliphatic carbocycles. The molecule has 20 nitrogen and oxygen atoms in total. The lowest BCUT2D eigenvalue weighted by molar-refractivity contribution is -0.0572. The Morgan fingerprint density at radius 1 is 1.11 bits per heavy atom. The van der Waals surface area contributed by atoms with Crippen molar-refractivity contribution in [2.75, 3.05) is 31.8 Å². The molecule has 1 spiro atoms. The van der Waals surface area contributed by atoms with Crippen molar-refractivity contribution in [3.05, 3.63) is 29.3 Å².